The number of aromatic nitrogens is 6. The Bertz CT molecular complexity index is 1720. The lowest BCUT2D eigenvalue weighted by atomic mass is 10.0. The van der Waals surface area contributed by atoms with Crippen LogP contribution >= 0.6 is 0 Å². The van der Waals surface area contributed by atoms with Crippen molar-refractivity contribution in [3.05, 3.63) is 83.1 Å². The molecule has 2 aliphatic heterocycles. The van der Waals surface area contributed by atoms with E-state index in [9.17, 15) is 13.6 Å². The van der Waals surface area contributed by atoms with Gasteiger partial charge in [0.25, 0.3) is 5.89 Å². The fourth-order valence-corrected chi connectivity index (χ4v) is 5.70. The normalized spacial score (nSPS) is 17.0. The molecule has 1 aromatic carbocycles. The van der Waals surface area contributed by atoms with Gasteiger partial charge in [0.1, 0.15) is 0 Å². The van der Waals surface area contributed by atoms with E-state index in [-0.39, 0.29) is 24.2 Å². The number of imidazole rings is 1. The molecule has 12 heteroatoms. The number of nitrogens with zero attached hydrogens (tertiary/aromatic N) is 7. The number of pyridine rings is 2. The lowest BCUT2D eigenvalue weighted by Gasteiger charge is -2.41. The monoisotopic (exact) mass is 559 g/mol. The summed E-state index contributed by atoms with van der Waals surface area (Å²) in [5.41, 5.74) is 4.74. The first kappa shape index (κ1) is 25.7. The molecule has 0 spiro atoms. The number of alkyl halides is 2. The highest BCUT2D eigenvalue weighted by molar-refractivity contribution is 5.83. The van der Waals surface area contributed by atoms with Crippen molar-refractivity contribution in [2.24, 2.45) is 0 Å². The number of hydrogen-bond acceptors (Lipinski definition) is 8. The maximum absolute atomic E-state index is 14.0. The second-order valence-corrected chi connectivity index (χ2v) is 10.4. The fourth-order valence-electron chi connectivity index (χ4n) is 5.70. The number of halogens is 2. The number of ether oxygens (including phenoxy) is 1. The average Bonchev–Trinajstić information content (AvgIpc) is 3.57. The van der Waals surface area contributed by atoms with Crippen molar-refractivity contribution in [1.82, 2.24) is 34.2 Å². The van der Waals surface area contributed by atoms with Gasteiger partial charge in [-0.15, -0.1) is 10.2 Å². The summed E-state index contributed by atoms with van der Waals surface area (Å²) < 4.78 is 39.8. The van der Waals surface area contributed by atoms with E-state index in [2.05, 4.69) is 31.1 Å². The van der Waals surface area contributed by atoms with Crippen molar-refractivity contribution < 1.29 is 17.9 Å². The average molecular weight is 560 g/mol. The molecule has 0 N–H and O–H groups in total. The van der Waals surface area contributed by atoms with Crippen molar-refractivity contribution in [1.29, 1.82) is 0 Å². The van der Waals surface area contributed by atoms with E-state index in [0.717, 1.165) is 61.3 Å². The Morgan fingerprint density at radius 1 is 0.902 bits per heavy atom. The number of fused-ring (bicyclic) bond motifs is 1. The zero-order chi connectivity index (χ0) is 27.9. The Kier molecular flexibility index (Phi) is 6.63. The van der Waals surface area contributed by atoms with Gasteiger partial charge in [0.05, 0.1) is 48.1 Å². The van der Waals surface area contributed by atoms with Gasteiger partial charge in [0, 0.05) is 37.7 Å². The Morgan fingerprint density at radius 3 is 2.34 bits per heavy atom. The van der Waals surface area contributed by atoms with Gasteiger partial charge in [-0.2, -0.15) is 8.78 Å². The molecular formula is C29H27F2N7O3. The van der Waals surface area contributed by atoms with Crippen molar-refractivity contribution in [3.8, 4) is 22.6 Å². The van der Waals surface area contributed by atoms with Crippen LogP contribution in [0.25, 0.3) is 33.6 Å². The van der Waals surface area contributed by atoms with Gasteiger partial charge in [0.15, 0.2) is 0 Å². The number of rotatable bonds is 7. The standard InChI is InChI=1S/C29H27F2N7O3/c30-26(31)28-35-34-27(41-28)20-1-3-21(33-14-20)15-37-24-4-2-19(18-5-9-32-10-6-18)13-25(24)38(29(37)39)22-7-11-36(12-8-22)23-16-40-17-23/h1-6,9-10,13-14,22-23,26H,7-8,11-12,15-17H2. The van der Waals surface area contributed by atoms with Crippen LogP contribution in [0.5, 0.6) is 0 Å². The molecule has 41 heavy (non-hydrogen) atoms. The predicted octanol–water partition coefficient (Wildman–Crippen LogP) is 4.33. The van der Waals surface area contributed by atoms with Crippen LogP contribution in [0.2, 0.25) is 0 Å². The second-order valence-electron chi connectivity index (χ2n) is 10.4. The summed E-state index contributed by atoms with van der Waals surface area (Å²) in [5, 5.41) is 7.05. The summed E-state index contributed by atoms with van der Waals surface area (Å²) in [5.74, 6) is -0.766. The van der Waals surface area contributed by atoms with E-state index in [4.69, 9.17) is 9.15 Å². The minimum absolute atomic E-state index is 0.0310. The minimum Gasteiger partial charge on any atom is -0.415 e. The SMILES string of the molecule is O=c1n(Cc2ccc(-c3nnc(C(F)F)o3)cn2)c2ccc(-c3ccncc3)cc2n1C1CCN(C2COC2)CC1. The first-order valence-electron chi connectivity index (χ1n) is 13.6. The quantitative estimate of drug-likeness (QED) is 0.290. The summed E-state index contributed by atoms with van der Waals surface area (Å²) >= 11 is 0. The van der Waals surface area contributed by atoms with E-state index < -0.39 is 12.3 Å². The molecule has 2 saturated heterocycles. The first-order valence-corrected chi connectivity index (χ1v) is 13.6. The Balaban J connectivity index is 1.22. The second kappa shape index (κ2) is 10.6. The number of piperidine rings is 1. The van der Waals surface area contributed by atoms with Gasteiger partial charge in [-0.25, -0.2) is 4.79 Å². The zero-order valence-corrected chi connectivity index (χ0v) is 22.1. The summed E-state index contributed by atoms with van der Waals surface area (Å²) in [6.45, 7) is 3.67. The van der Waals surface area contributed by atoms with Crippen LogP contribution < -0.4 is 5.69 Å². The van der Waals surface area contributed by atoms with Gasteiger partial charge in [-0.05, 0) is 60.4 Å². The highest BCUT2D eigenvalue weighted by Crippen LogP contribution is 2.31. The van der Waals surface area contributed by atoms with Crippen molar-refractivity contribution in [2.45, 2.75) is 37.9 Å². The highest BCUT2D eigenvalue weighted by atomic mass is 19.3. The molecule has 0 radical (unpaired) electrons. The van der Waals surface area contributed by atoms with Crippen LogP contribution in [0.15, 0.2) is 70.3 Å². The van der Waals surface area contributed by atoms with Crippen molar-refractivity contribution >= 4 is 11.0 Å². The van der Waals surface area contributed by atoms with Crippen LogP contribution in [-0.2, 0) is 11.3 Å². The molecule has 0 aliphatic carbocycles. The lowest BCUT2D eigenvalue weighted by molar-refractivity contribution is -0.0731. The zero-order valence-electron chi connectivity index (χ0n) is 22.1. The van der Waals surface area contributed by atoms with Crippen LogP contribution in [0, 0.1) is 0 Å². The summed E-state index contributed by atoms with van der Waals surface area (Å²) in [6, 6.07) is 14.0. The molecular weight excluding hydrogens is 532 g/mol. The van der Waals surface area contributed by atoms with Crippen LogP contribution in [-0.4, -0.2) is 66.5 Å². The number of hydrogen-bond donors (Lipinski definition) is 0. The molecule has 0 atom stereocenters. The smallest absolute Gasteiger partial charge is 0.329 e. The summed E-state index contributed by atoms with van der Waals surface area (Å²) in [7, 11) is 0. The fraction of sp³-hybridized carbons (Fsp3) is 0.345. The van der Waals surface area contributed by atoms with Crippen molar-refractivity contribution in [3.63, 3.8) is 0 Å². The Hall–Kier alpha value is -4.29. The van der Waals surface area contributed by atoms with Crippen LogP contribution in [0.4, 0.5) is 8.78 Å². The number of likely N-dealkylation sites (tertiary alicyclic amines) is 1. The summed E-state index contributed by atoms with van der Waals surface area (Å²) in [4.78, 5) is 25.1. The van der Waals surface area contributed by atoms with Crippen molar-refractivity contribution in [2.75, 3.05) is 26.3 Å². The van der Waals surface area contributed by atoms with Gasteiger partial charge in [-0.1, -0.05) is 6.07 Å². The largest absolute Gasteiger partial charge is 0.415 e. The van der Waals surface area contributed by atoms with E-state index >= 15 is 0 Å². The molecule has 10 nitrogen and oxygen atoms in total. The molecule has 6 heterocycles. The van der Waals surface area contributed by atoms with E-state index in [0.29, 0.717) is 17.3 Å². The molecule has 0 unspecified atom stereocenters. The molecule has 7 rings (SSSR count). The molecule has 210 valence electrons. The third kappa shape index (κ3) is 4.82. The topological polar surface area (TPSA) is 104 Å². The third-order valence-electron chi connectivity index (χ3n) is 8.00. The van der Waals surface area contributed by atoms with E-state index in [1.165, 1.54) is 6.20 Å². The molecule has 4 aromatic heterocycles. The molecule has 0 saturated carbocycles. The Morgan fingerprint density at radius 2 is 1.68 bits per heavy atom. The lowest BCUT2D eigenvalue weighted by Crippen LogP contribution is -2.52. The highest BCUT2D eigenvalue weighted by Gasteiger charge is 2.32. The molecule has 5 aromatic rings. The summed E-state index contributed by atoms with van der Waals surface area (Å²) in [6.07, 6.45) is 3.93. The van der Waals surface area contributed by atoms with Gasteiger partial charge in [0.2, 0.25) is 5.89 Å². The maximum atomic E-state index is 14.0. The Labute approximate surface area is 233 Å². The number of benzene rings is 1. The molecule has 2 fully saturated rings. The minimum atomic E-state index is -2.84. The predicted molar refractivity (Wildman–Crippen MR) is 145 cm³/mol. The third-order valence-corrected chi connectivity index (χ3v) is 8.00. The van der Waals surface area contributed by atoms with Crippen LogP contribution in [0.3, 0.4) is 0 Å². The molecule has 0 amide bonds. The van der Waals surface area contributed by atoms with E-state index in [1.54, 1.807) is 29.1 Å². The van der Waals surface area contributed by atoms with Crippen LogP contribution in [0.1, 0.15) is 36.9 Å². The maximum Gasteiger partial charge on any atom is 0.329 e. The molecule has 0 bridgehead atoms. The molecule has 2 aliphatic rings. The first-order chi connectivity index (χ1) is 20.0. The van der Waals surface area contributed by atoms with Gasteiger partial charge >= 0.3 is 12.1 Å². The van der Waals surface area contributed by atoms with Gasteiger partial charge in [-0.3, -0.25) is 24.0 Å². The van der Waals surface area contributed by atoms with E-state index in [1.807, 2.05) is 28.8 Å². The van der Waals surface area contributed by atoms with Gasteiger partial charge < -0.3 is 9.15 Å².